The van der Waals surface area contributed by atoms with Gasteiger partial charge in [-0.15, -0.1) is 0 Å². The van der Waals surface area contributed by atoms with E-state index in [9.17, 15) is 70.7 Å². The molecule has 13 N–H and O–H groups in total. The van der Waals surface area contributed by atoms with E-state index in [4.69, 9.17) is 60.0 Å². The number of oxime groups is 1. The predicted octanol–water partition coefficient (Wildman–Crippen LogP) is 9.76. The Bertz CT molecular complexity index is 4770. The average Bonchev–Trinajstić information content (AvgIpc) is 1.22. The molecule has 8 fully saturated rings. The monoisotopic (exact) mass is 1800 g/mol. The number of hydrogen-bond donors (Lipinski definition) is 10. The highest BCUT2D eigenvalue weighted by Crippen LogP contribution is 2.46. The maximum absolute atomic E-state index is 14.3. The van der Waals surface area contributed by atoms with Gasteiger partial charge in [-0.2, -0.15) is 5.48 Å². The van der Waals surface area contributed by atoms with Crippen molar-refractivity contribution in [2.45, 2.75) is 239 Å². The highest BCUT2D eigenvalue weighted by molar-refractivity contribution is 5.89. The minimum atomic E-state index is -1.44. The number of carboxylic acids is 2. The van der Waals surface area contributed by atoms with Crippen LogP contribution in [-0.2, 0) is 100 Å². The van der Waals surface area contributed by atoms with Crippen molar-refractivity contribution in [2.24, 2.45) is 63.8 Å². The SMILES string of the molecule is C.CC(=O)N[C@@]1(c2cc(C)ncc2F)CO[C@@H](C)C[C@H]1C(=O)O.CC(=O)N[C@@]1(c2cc(C)ncc2F)CO[C@@H](C)C[C@H]1CO.CC(=O)[C@@H]1C[C@H](C)OC[C@@]1(N)c1cc(C)ncc1F.C[C@H]1C[C@H]2CON=C2CO1.Cc1cc([C@]2(N)CO[C@@H](C)C[C@H]2C(=O)O)c(F)cn1.Cc1cc([C@]2(N)CO[C@@H](C)C[C@H]2CO)c(F)cn1.Cc1cc([C@]23CO[C@@H](C)C[C@H]2CON3)c(F)cn1. The zero-order valence-corrected chi connectivity index (χ0v) is 74.9. The van der Waals surface area contributed by atoms with E-state index in [1.165, 1.54) is 45.3 Å². The van der Waals surface area contributed by atoms with Crippen LogP contribution in [0.3, 0.4) is 0 Å². The normalized spacial score (nSPS) is 31.4. The molecule has 0 aromatic carbocycles. The van der Waals surface area contributed by atoms with E-state index >= 15 is 0 Å². The van der Waals surface area contributed by atoms with E-state index in [1.807, 2.05) is 34.6 Å². The summed E-state index contributed by atoms with van der Waals surface area (Å²) in [6.07, 6.45) is 10.9. The topological polar surface area (TPSA) is 453 Å². The number of nitrogens with two attached hydrogens (primary N) is 3. The number of amides is 2. The molecular weight excluding hydrogens is 1680 g/mol. The maximum atomic E-state index is 14.3. The molecule has 2 amide bonds. The van der Waals surface area contributed by atoms with Crippen LogP contribution in [0.1, 0.15) is 189 Å². The first-order valence-electron chi connectivity index (χ1n) is 42.5. The minimum absolute atomic E-state index is 0. The van der Waals surface area contributed by atoms with Crippen LogP contribution < -0.4 is 33.3 Å². The third kappa shape index (κ3) is 24.6. The lowest BCUT2D eigenvalue weighted by Gasteiger charge is -2.46. The van der Waals surface area contributed by atoms with Gasteiger partial charge in [0.15, 0.2) is 0 Å². The summed E-state index contributed by atoms with van der Waals surface area (Å²) in [7, 11) is 0. The second-order valence-corrected chi connectivity index (χ2v) is 35.1. The summed E-state index contributed by atoms with van der Waals surface area (Å²) >= 11 is 0. The number of aliphatic hydroxyl groups excluding tert-OH is 2. The van der Waals surface area contributed by atoms with Crippen molar-refractivity contribution in [1.82, 2.24) is 46.0 Å². The number of hydroxylamine groups is 1. The van der Waals surface area contributed by atoms with E-state index in [0.717, 1.165) is 55.6 Å². The number of nitrogens with zero attached hydrogens (tertiary/aromatic N) is 7. The minimum Gasteiger partial charge on any atom is -0.481 e. The van der Waals surface area contributed by atoms with Gasteiger partial charge >= 0.3 is 11.9 Å². The molecule has 15 heterocycles. The molecule has 15 rings (SSSR count). The largest absolute Gasteiger partial charge is 0.481 e. The summed E-state index contributed by atoms with van der Waals surface area (Å²) in [6, 6.07) is 9.57. The van der Waals surface area contributed by atoms with Gasteiger partial charge < -0.3 is 91.1 Å². The number of ketones is 1. The molecule has 128 heavy (non-hydrogen) atoms. The van der Waals surface area contributed by atoms with Gasteiger partial charge in [0, 0.05) is 124 Å². The predicted molar refractivity (Wildman–Crippen MR) is 458 cm³/mol. The number of Topliss-reactive ketones (excluding diaryl/α,β-unsaturated/α-hetero) is 1. The molecule has 0 saturated carbocycles. The number of rotatable bonds is 13. The molecule has 20 atom stereocenters. The van der Waals surface area contributed by atoms with E-state index in [1.54, 1.807) is 72.7 Å². The number of carboxylic acid groups (broad SMARTS) is 2. The number of fused-ring (bicyclic) bond motifs is 2. The fourth-order valence-corrected chi connectivity index (χ4v) is 17.9. The van der Waals surface area contributed by atoms with Crippen LogP contribution in [0, 0.1) is 118 Å². The van der Waals surface area contributed by atoms with Crippen molar-refractivity contribution in [1.29, 1.82) is 0 Å². The molecule has 0 bridgehead atoms. The van der Waals surface area contributed by atoms with Crippen molar-refractivity contribution in [2.75, 3.05) is 72.7 Å². The Labute approximate surface area is 743 Å². The molecule has 706 valence electrons. The molecule has 8 saturated heterocycles. The summed E-state index contributed by atoms with van der Waals surface area (Å²) in [6.45, 7) is 30.6. The number of hydrogen-bond acceptors (Lipinski definition) is 27. The van der Waals surface area contributed by atoms with Crippen molar-refractivity contribution < 1.29 is 114 Å². The number of aryl methyl sites for hydroxylation is 6. The van der Waals surface area contributed by atoms with Crippen LogP contribution in [0.15, 0.2) is 78.7 Å². The first-order valence-corrected chi connectivity index (χ1v) is 42.5. The van der Waals surface area contributed by atoms with E-state index in [0.29, 0.717) is 102 Å². The quantitative estimate of drug-likeness (QED) is 0.0481. The van der Waals surface area contributed by atoms with Gasteiger partial charge in [0.1, 0.15) is 52.8 Å². The fourth-order valence-electron chi connectivity index (χ4n) is 17.9. The van der Waals surface area contributed by atoms with Gasteiger partial charge in [0.2, 0.25) is 11.8 Å². The van der Waals surface area contributed by atoms with Crippen LogP contribution in [0.4, 0.5) is 26.3 Å². The standard InChI is InChI=1S/C15H19FN2O4.C15H21FN2O3.C14H19FN2O2.C13H17FN2O3.C13H17FN2O2.C13H19FN2O2.C7H11NO2.CH4/c1-8-4-11(13(16)6-17-8)15(18-10(3)19)7-22-9(2)5-12(15)14(20)21;1-9-4-13(14(16)6-17-9)15(18-11(3)20)8-21-10(2)5-12(15)7-19;1-8-4-12(13(15)6-17-8)14(16)7-19-9(2)5-11(14)10(3)18;1-7-3-9(11(14)5-16-7)13(15)6-19-8(2)4-10(13)12(17)18;1-8-3-11(12(14)5-15-8)13-7-17-9(2)4-10(13)6-18-16-13;1-8-3-11(12(14)5-16-8)13(15)7-18-9(2)4-10(13)6-17;1-5-2-6-3-10-8-7(6)4-9-5;/h4,6,9,12H,5,7H2,1-3H3,(H,18,19)(H,20,21);4,6,10,12,19H,5,7-8H2,1-3H3,(H,18,20);4,6,9,11H,5,7,16H2,1-3H3;3,5,8,10H,4,6,15H2,1-2H3,(H,17,18);3,5,9-10,16H,4,6-7H2,1-2H3;3,5,9-10,17H,4,6-7,15H2,1-2H3;5-6H,2-4H2,1H3;1H4/t9-,12-,15+;10-,12-,15-;9-,11-,14-;8-,10-,13+;2*9-,10-,13-;5-,6-;/m0000000./s1. The third-order valence-electron chi connectivity index (χ3n) is 24.9. The Balaban J connectivity index is 0.000000186. The molecule has 0 spiro atoms. The van der Waals surface area contributed by atoms with Crippen LogP contribution in [0.25, 0.3) is 0 Å². The number of pyridine rings is 6. The first kappa shape index (κ1) is 104. The number of nitrogens with one attached hydrogen (secondary N) is 3. The van der Waals surface area contributed by atoms with Crippen LogP contribution in [0.2, 0.25) is 0 Å². The van der Waals surface area contributed by atoms with Gasteiger partial charge in [-0.1, -0.05) is 12.6 Å². The number of aromatic nitrogens is 6. The molecule has 0 radical (unpaired) electrons. The van der Waals surface area contributed by atoms with Gasteiger partial charge in [0.05, 0.1) is 178 Å². The third-order valence-corrected chi connectivity index (χ3v) is 24.9. The van der Waals surface area contributed by atoms with Gasteiger partial charge in [-0.25, -0.2) is 26.3 Å². The summed E-state index contributed by atoms with van der Waals surface area (Å²) in [5, 5.41) is 47.5. The lowest BCUT2D eigenvalue weighted by Crippen LogP contribution is -2.60. The van der Waals surface area contributed by atoms with Gasteiger partial charge in [0.25, 0.3) is 0 Å². The molecule has 0 unspecified atom stereocenters. The van der Waals surface area contributed by atoms with Crippen molar-refractivity contribution in [3.05, 3.63) is 176 Å². The number of carbonyl (C=O) groups excluding carboxylic acids is 3. The molecule has 6 aromatic rings. The van der Waals surface area contributed by atoms with Crippen LogP contribution >= 0.6 is 0 Å². The van der Waals surface area contributed by atoms with E-state index in [2.05, 4.69) is 58.1 Å². The summed E-state index contributed by atoms with van der Waals surface area (Å²) in [4.78, 5) is 92.0. The maximum Gasteiger partial charge on any atom is 0.309 e. The van der Waals surface area contributed by atoms with E-state index in [-0.39, 0.29) is 150 Å². The summed E-state index contributed by atoms with van der Waals surface area (Å²) < 4.78 is 123. The summed E-state index contributed by atoms with van der Waals surface area (Å²) in [5.41, 5.74) is 22.2. The first-order chi connectivity index (χ1) is 59.8. The van der Waals surface area contributed by atoms with Gasteiger partial charge in [-0.3, -0.25) is 53.9 Å². The Kier molecular flexibility index (Phi) is 36.4. The fraction of sp³-hybridized carbons (Fsp3) is 0.604. The Morgan fingerprint density at radius 3 is 1.20 bits per heavy atom. The molecule has 37 heteroatoms. The van der Waals surface area contributed by atoms with Crippen molar-refractivity contribution >= 4 is 35.2 Å². The number of halogens is 6. The van der Waals surface area contributed by atoms with Crippen LogP contribution in [0.5, 0.6) is 0 Å². The highest BCUT2D eigenvalue weighted by atomic mass is 19.1. The van der Waals surface area contributed by atoms with E-state index < -0.39 is 97.9 Å². The molecular formula is C91H127F6N13O18. The lowest BCUT2D eigenvalue weighted by atomic mass is 9.73. The smallest absolute Gasteiger partial charge is 0.309 e. The Hall–Kier alpha value is -9.06. The lowest BCUT2D eigenvalue weighted by molar-refractivity contribution is -0.157. The number of carbonyl (C=O) groups is 5. The molecule has 0 aliphatic carbocycles. The zero-order valence-electron chi connectivity index (χ0n) is 74.9. The molecule has 9 aliphatic rings. The summed E-state index contributed by atoms with van der Waals surface area (Å²) in [5.74, 6) is -7.97. The van der Waals surface area contributed by atoms with Crippen molar-refractivity contribution in [3.8, 4) is 0 Å². The average molecular weight is 1810 g/mol. The number of aliphatic hydroxyl groups is 2. The zero-order chi connectivity index (χ0) is 93.6. The van der Waals surface area contributed by atoms with Gasteiger partial charge in [-0.05, 0) is 178 Å². The second-order valence-electron chi connectivity index (χ2n) is 35.1. The molecule has 6 aromatic heterocycles. The Morgan fingerprint density at radius 1 is 0.422 bits per heavy atom. The molecule has 9 aliphatic heterocycles. The van der Waals surface area contributed by atoms with Crippen LogP contribution in [-0.4, -0.2) is 201 Å². The number of aliphatic carboxylic acids is 2. The molecule has 31 nitrogen and oxygen atoms in total. The Morgan fingerprint density at radius 2 is 0.758 bits per heavy atom. The second kappa shape index (κ2) is 44.7. The van der Waals surface area contributed by atoms with Crippen molar-refractivity contribution in [3.63, 3.8) is 0 Å². The highest BCUT2D eigenvalue weighted by Gasteiger charge is 2.55. The number of ether oxygens (including phenoxy) is 7.